The van der Waals surface area contributed by atoms with Gasteiger partial charge in [0.25, 0.3) is 0 Å². The predicted molar refractivity (Wildman–Crippen MR) is 86.5 cm³/mol. The molecule has 1 aliphatic rings. The fraction of sp³-hybridized carbons (Fsp3) is 0.286. The third-order valence-corrected chi connectivity index (χ3v) is 5.90. The lowest BCUT2D eigenvalue weighted by Gasteiger charge is -2.12. The Hall–Kier alpha value is -1.93. The number of carbonyl (C=O) groups excluding carboxylic acids is 1. The van der Waals surface area contributed by atoms with E-state index in [-0.39, 0.29) is 23.5 Å². The minimum atomic E-state index is -2.99. The molecule has 0 bridgehead atoms. The Labute approximate surface area is 132 Å². The van der Waals surface area contributed by atoms with Crippen molar-refractivity contribution in [2.75, 3.05) is 16.8 Å². The van der Waals surface area contributed by atoms with Crippen molar-refractivity contribution in [1.29, 1.82) is 0 Å². The molecule has 3 rings (SSSR count). The molecule has 0 aromatic carbocycles. The SMILES string of the molecule is O=C(/C=C\c1ccsc1)Nc1ccnn1[C@@H]1CCS(=O)(=O)C1. The highest BCUT2D eigenvalue weighted by atomic mass is 32.2. The summed E-state index contributed by atoms with van der Waals surface area (Å²) in [6.45, 7) is 0. The number of anilines is 1. The first-order valence-corrected chi connectivity index (χ1v) is 9.55. The maximum absolute atomic E-state index is 11.9. The maximum Gasteiger partial charge on any atom is 0.249 e. The molecule has 0 spiro atoms. The van der Waals surface area contributed by atoms with E-state index in [1.54, 1.807) is 34.4 Å². The standard InChI is InChI=1S/C14H15N3O3S2/c18-14(2-1-11-4-7-21-9-11)16-13-3-6-15-17(13)12-5-8-22(19,20)10-12/h1-4,6-7,9,12H,5,8,10H2,(H,16,18)/b2-1-/t12-/m1/s1. The maximum atomic E-state index is 11.9. The monoisotopic (exact) mass is 337 g/mol. The molecule has 6 nitrogen and oxygen atoms in total. The lowest BCUT2D eigenvalue weighted by Crippen LogP contribution is -2.18. The number of nitrogens with zero attached hydrogens (tertiary/aromatic N) is 2. The molecular formula is C14H15N3O3S2. The summed E-state index contributed by atoms with van der Waals surface area (Å²) >= 11 is 1.56. The van der Waals surface area contributed by atoms with E-state index < -0.39 is 9.84 Å². The molecule has 1 fully saturated rings. The van der Waals surface area contributed by atoms with Crippen molar-refractivity contribution in [1.82, 2.24) is 9.78 Å². The van der Waals surface area contributed by atoms with Crippen LogP contribution in [-0.4, -0.2) is 35.6 Å². The van der Waals surface area contributed by atoms with E-state index >= 15 is 0 Å². The minimum absolute atomic E-state index is 0.0717. The van der Waals surface area contributed by atoms with Crippen molar-refractivity contribution >= 4 is 39.0 Å². The first kappa shape index (κ1) is 15.0. The van der Waals surface area contributed by atoms with E-state index in [1.165, 1.54) is 6.08 Å². The summed E-state index contributed by atoms with van der Waals surface area (Å²) in [4.78, 5) is 11.9. The Morgan fingerprint density at radius 1 is 1.45 bits per heavy atom. The zero-order valence-electron chi connectivity index (χ0n) is 11.7. The number of rotatable bonds is 4. The van der Waals surface area contributed by atoms with Crippen molar-refractivity contribution in [3.05, 3.63) is 40.7 Å². The molecule has 22 heavy (non-hydrogen) atoms. The zero-order valence-corrected chi connectivity index (χ0v) is 13.3. The van der Waals surface area contributed by atoms with Crippen LogP contribution >= 0.6 is 11.3 Å². The van der Waals surface area contributed by atoms with Gasteiger partial charge in [0.2, 0.25) is 5.91 Å². The van der Waals surface area contributed by atoms with Crippen LogP contribution in [0.25, 0.3) is 6.08 Å². The van der Waals surface area contributed by atoms with Gasteiger partial charge in [0.1, 0.15) is 5.82 Å². The van der Waals surface area contributed by atoms with Crippen molar-refractivity contribution in [3.8, 4) is 0 Å². The van der Waals surface area contributed by atoms with Crippen LogP contribution in [0, 0.1) is 0 Å². The molecule has 0 aliphatic carbocycles. The van der Waals surface area contributed by atoms with Crippen LogP contribution in [0.5, 0.6) is 0 Å². The topological polar surface area (TPSA) is 81.1 Å². The summed E-state index contributed by atoms with van der Waals surface area (Å²) < 4.78 is 24.7. The van der Waals surface area contributed by atoms with E-state index in [4.69, 9.17) is 0 Å². The molecule has 1 atom stereocenters. The molecule has 116 valence electrons. The first-order valence-electron chi connectivity index (χ1n) is 6.79. The van der Waals surface area contributed by atoms with Gasteiger partial charge in [-0.3, -0.25) is 4.79 Å². The van der Waals surface area contributed by atoms with Crippen LogP contribution in [0.15, 0.2) is 35.2 Å². The highest BCUT2D eigenvalue weighted by molar-refractivity contribution is 7.91. The molecule has 1 aliphatic heterocycles. The molecule has 1 saturated heterocycles. The van der Waals surface area contributed by atoms with Crippen LogP contribution in [0.2, 0.25) is 0 Å². The zero-order chi connectivity index (χ0) is 15.6. The van der Waals surface area contributed by atoms with Gasteiger partial charge in [0.15, 0.2) is 9.84 Å². The molecule has 2 aromatic rings. The molecular weight excluding hydrogens is 322 g/mol. The van der Waals surface area contributed by atoms with Crippen LogP contribution in [0.3, 0.4) is 0 Å². The predicted octanol–water partition coefficient (Wildman–Crippen LogP) is 1.96. The highest BCUT2D eigenvalue weighted by Gasteiger charge is 2.30. The van der Waals surface area contributed by atoms with Gasteiger partial charge in [-0.2, -0.15) is 16.4 Å². The highest BCUT2D eigenvalue weighted by Crippen LogP contribution is 2.26. The summed E-state index contributed by atoms with van der Waals surface area (Å²) in [5.74, 6) is 0.488. The molecule has 8 heteroatoms. The quantitative estimate of drug-likeness (QED) is 0.865. The van der Waals surface area contributed by atoms with Gasteiger partial charge < -0.3 is 5.32 Å². The molecule has 3 heterocycles. The molecule has 1 amide bonds. The molecule has 0 unspecified atom stereocenters. The van der Waals surface area contributed by atoms with Crippen molar-refractivity contribution in [2.45, 2.75) is 12.5 Å². The number of hydrogen-bond acceptors (Lipinski definition) is 5. The lowest BCUT2D eigenvalue weighted by molar-refractivity contribution is -0.111. The third kappa shape index (κ3) is 3.45. The van der Waals surface area contributed by atoms with Gasteiger partial charge in [0, 0.05) is 12.1 Å². The van der Waals surface area contributed by atoms with Gasteiger partial charge in [-0.05, 0) is 34.9 Å². The second-order valence-electron chi connectivity index (χ2n) is 5.10. The average molecular weight is 337 g/mol. The Bertz CT molecular complexity index is 791. The van der Waals surface area contributed by atoms with Crippen molar-refractivity contribution in [2.24, 2.45) is 0 Å². The van der Waals surface area contributed by atoms with Gasteiger partial charge in [-0.1, -0.05) is 0 Å². The number of sulfone groups is 1. The van der Waals surface area contributed by atoms with Crippen molar-refractivity contribution < 1.29 is 13.2 Å². The molecule has 1 N–H and O–H groups in total. The molecule has 2 aromatic heterocycles. The van der Waals surface area contributed by atoms with Gasteiger partial charge in [-0.15, -0.1) is 0 Å². The van der Waals surface area contributed by atoms with Crippen LogP contribution in [0.1, 0.15) is 18.0 Å². The minimum Gasteiger partial charge on any atom is -0.307 e. The summed E-state index contributed by atoms with van der Waals surface area (Å²) in [7, 11) is -2.99. The van der Waals surface area contributed by atoms with E-state index in [0.717, 1.165) is 5.56 Å². The van der Waals surface area contributed by atoms with E-state index in [9.17, 15) is 13.2 Å². The number of hydrogen-bond donors (Lipinski definition) is 1. The first-order chi connectivity index (χ1) is 10.5. The second kappa shape index (κ2) is 6.05. The fourth-order valence-electron chi connectivity index (χ4n) is 2.38. The second-order valence-corrected chi connectivity index (χ2v) is 8.11. The Morgan fingerprint density at radius 3 is 3.00 bits per heavy atom. The Kier molecular flexibility index (Phi) is 4.12. The number of thiophene rings is 1. The van der Waals surface area contributed by atoms with E-state index in [1.807, 2.05) is 16.8 Å². The van der Waals surface area contributed by atoms with Gasteiger partial charge in [0.05, 0.1) is 23.7 Å². The smallest absolute Gasteiger partial charge is 0.249 e. The largest absolute Gasteiger partial charge is 0.307 e. The third-order valence-electron chi connectivity index (χ3n) is 3.45. The van der Waals surface area contributed by atoms with Crippen LogP contribution in [-0.2, 0) is 14.6 Å². The van der Waals surface area contributed by atoms with E-state index in [0.29, 0.717) is 12.2 Å². The van der Waals surface area contributed by atoms with Crippen LogP contribution in [0.4, 0.5) is 5.82 Å². The summed E-state index contributed by atoms with van der Waals surface area (Å²) in [5, 5.41) is 10.8. The molecule has 0 radical (unpaired) electrons. The van der Waals surface area contributed by atoms with Gasteiger partial charge >= 0.3 is 0 Å². The lowest BCUT2D eigenvalue weighted by atomic mass is 10.3. The van der Waals surface area contributed by atoms with Crippen molar-refractivity contribution in [3.63, 3.8) is 0 Å². The number of amides is 1. The fourth-order valence-corrected chi connectivity index (χ4v) is 4.70. The summed E-state index contributed by atoms with van der Waals surface area (Å²) in [5.41, 5.74) is 0.968. The summed E-state index contributed by atoms with van der Waals surface area (Å²) in [6.07, 6.45) is 5.26. The van der Waals surface area contributed by atoms with Crippen LogP contribution < -0.4 is 5.32 Å². The number of carbonyl (C=O) groups is 1. The summed E-state index contributed by atoms with van der Waals surface area (Å²) in [6, 6.07) is 3.37. The Morgan fingerprint density at radius 2 is 2.32 bits per heavy atom. The normalized spacial score (nSPS) is 20.5. The average Bonchev–Trinajstić information content (AvgIpc) is 3.17. The van der Waals surface area contributed by atoms with E-state index in [2.05, 4.69) is 10.4 Å². The Balaban J connectivity index is 1.69. The van der Waals surface area contributed by atoms with Gasteiger partial charge in [-0.25, -0.2) is 13.1 Å². The number of nitrogens with one attached hydrogen (secondary N) is 1. The molecule has 0 saturated carbocycles. The number of aromatic nitrogens is 2.